The molecule has 1 aromatic carbocycles. The number of halogens is 4. The molecule has 0 spiro atoms. The Labute approximate surface area is 236 Å². The van der Waals surface area contributed by atoms with Crippen molar-refractivity contribution in [3.8, 4) is 18.4 Å². The van der Waals surface area contributed by atoms with Crippen molar-refractivity contribution in [2.75, 3.05) is 30.4 Å². The highest BCUT2D eigenvalue weighted by molar-refractivity contribution is 6.13. The fourth-order valence-electron chi connectivity index (χ4n) is 4.56. The molecule has 0 bridgehead atoms. The first kappa shape index (κ1) is 30.0. The minimum atomic E-state index is -5.08. The average Bonchev–Trinajstić information content (AvgIpc) is 3.35. The summed E-state index contributed by atoms with van der Waals surface area (Å²) in [4.78, 5) is 37.3. The molecular formula is C27H25F4N7O4. The zero-order valence-corrected chi connectivity index (χ0v) is 22.5. The summed E-state index contributed by atoms with van der Waals surface area (Å²) in [6.07, 6.45) is 5.03. The maximum Gasteiger partial charge on any atom is 0.490 e. The van der Waals surface area contributed by atoms with Gasteiger partial charge in [-0.05, 0) is 31.9 Å². The number of hydrogen-bond donors (Lipinski definition) is 3. The van der Waals surface area contributed by atoms with E-state index in [0.29, 0.717) is 28.9 Å². The molecule has 11 nitrogen and oxygen atoms in total. The van der Waals surface area contributed by atoms with Gasteiger partial charge in [-0.15, -0.1) is 6.42 Å². The zero-order chi connectivity index (χ0) is 30.8. The highest BCUT2D eigenvalue weighted by atomic mass is 19.4. The van der Waals surface area contributed by atoms with E-state index in [1.54, 1.807) is 18.5 Å². The molecule has 1 amide bonds. The first-order chi connectivity index (χ1) is 19.8. The van der Waals surface area contributed by atoms with Gasteiger partial charge >= 0.3 is 18.2 Å². The van der Waals surface area contributed by atoms with Crippen molar-refractivity contribution in [2.45, 2.75) is 32.1 Å². The van der Waals surface area contributed by atoms with E-state index in [2.05, 4.69) is 50.3 Å². The lowest BCUT2D eigenvalue weighted by molar-refractivity contribution is -0.192. The van der Waals surface area contributed by atoms with E-state index in [9.17, 15) is 22.4 Å². The van der Waals surface area contributed by atoms with Gasteiger partial charge < -0.3 is 29.8 Å². The molecule has 2 atom stereocenters. The van der Waals surface area contributed by atoms with E-state index in [1.807, 2.05) is 6.07 Å². The Morgan fingerprint density at radius 1 is 1.19 bits per heavy atom. The number of carbonyl (C=O) groups excluding carboxylic acids is 1. The summed E-state index contributed by atoms with van der Waals surface area (Å²) in [5, 5.41) is 14.1. The molecule has 0 saturated carbocycles. The predicted octanol–water partition coefficient (Wildman–Crippen LogP) is 3.48. The molecular weight excluding hydrogens is 562 g/mol. The number of amides is 1. The van der Waals surface area contributed by atoms with Crippen LogP contribution in [0.5, 0.6) is 6.01 Å². The third kappa shape index (κ3) is 6.50. The van der Waals surface area contributed by atoms with Gasteiger partial charge in [0.25, 0.3) is 5.91 Å². The van der Waals surface area contributed by atoms with E-state index in [4.69, 9.17) is 21.1 Å². The Morgan fingerprint density at radius 2 is 1.86 bits per heavy atom. The maximum atomic E-state index is 14.6. The number of aliphatic carboxylic acids is 1. The molecule has 0 radical (unpaired) electrons. The average molecular weight is 588 g/mol. The van der Waals surface area contributed by atoms with Gasteiger partial charge in [0, 0.05) is 60.9 Å². The summed E-state index contributed by atoms with van der Waals surface area (Å²) < 4.78 is 53.0. The van der Waals surface area contributed by atoms with Crippen LogP contribution in [0.2, 0.25) is 0 Å². The summed E-state index contributed by atoms with van der Waals surface area (Å²) in [5.74, 6) is -1.42. The number of hydrogen-bond acceptors (Lipinski definition) is 8. The number of methoxy groups -OCH3 is 1. The number of rotatable bonds is 4. The summed E-state index contributed by atoms with van der Waals surface area (Å²) in [7, 11) is 1.47. The van der Waals surface area contributed by atoms with Crippen molar-refractivity contribution in [3.05, 3.63) is 53.9 Å². The molecule has 15 heteroatoms. The van der Waals surface area contributed by atoms with Crippen molar-refractivity contribution in [2.24, 2.45) is 0 Å². The summed E-state index contributed by atoms with van der Waals surface area (Å²) in [6, 6.07) is 5.59. The quantitative estimate of drug-likeness (QED) is 0.242. The van der Waals surface area contributed by atoms with E-state index < -0.39 is 23.9 Å². The van der Waals surface area contributed by atoms with E-state index >= 15 is 0 Å². The third-order valence-corrected chi connectivity index (χ3v) is 6.19. The predicted molar refractivity (Wildman–Crippen MR) is 145 cm³/mol. The molecule has 1 aliphatic heterocycles. The van der Waals surface area contributed by atoms with Crippen LogP contribution >= 0.6 is 0 Å². The van der Waals surface area contributed by atoms with Crippen LogP contribution in [0.3, 0.4) is 0 Å². The molecule has 1 aliphatic rings. The van der Waals surface area contributed by atoms with Crippen molar-refractivity contribution in [3.63, 3.8) is 0 Å². The van der Waals surface area contributed by atoms with Crippen molar-refractivity contribution < 1.29 is 37.0 Å². The number of carboxylic acids is 1. The Hall–Kier alpha value is -4.97. The van der Waals surface area contributed by atoms with Crippen LogP contribution in [-0.4, -0.2) is 74.8 Å². The Morgan fingerprint density at radius 3 is 2.45 bits per heavy atom. The second-order valence-electron chi connectivity index (χ2n) is 9.46. The fourth-order valence-corrected chi connectivity index (χ4v) is 4.56. The van der Waals surface area contributed by atoms with Gasteiger partial charge in [0.15, 0.2) is 11.5 Å². The second-order valence-corrected chi connectivity index (χ2v) is 9.46. The lowest BCUT2D eigenvalue weighted by atomic mass is 10.0. The SMILES string of the molecule is C#Cc1cn2cc(NC(=O)c3ccc(N4C[C@@H](C)N[C@@H](C)C4)c4cnc(OC)nc34)cc(F)c2n1.O=C(O)C(F)(F)F. The molecule has 42 heavy (non-hydrogen) atoms. The van der Waals surface area contributed by atoms with E-state index in [0.717, 1.165) is 24.2 Å². The Bertz CT molecular complexity index is 1690. The normalized spacial score (nSPS) is 16.9. The number of aromatic nitrogens is 4. The molecule has 0 aliphatic carbocycles. The molecule has 5 rings (SSSR count). The van der Waals surface area contributed by atoms with Gasteiger partial charge in [0.2, 0.25) is 0 Å². The number of pyridine rings is 1. The number of terminal acetylenes is 1. The smallest absolute Gasteiger partial charge is 0.475 e. The topological polar surface area (TPSA) is 134 Å². The number of fused-ring (bicyclic) bond motifs is 2. The number of carbonyl (C=O) groups is 2. The number of imidazole rings is 1. The minimum Gasteiger partial charge on any atom is -0.475 e. The van der Waals surface area contributed by atoms with Crippen molar-refractivity contribution in [1.82, 2.24) is 24.7 Å². The second kappa shape index (κ2) is 11.9. The molecule has 0 unspecified atom stereocenters. The van der Waals surface area contributed by atoms with Crippen molar-refractivity contribution in [1.29, 1.82) is 0 Å². The number of alkyl halides is 3. The number of carboxylic acid groups (broad SMARTS) is 1. The fraction of sp³-hybridized carbons (Fsp3) is 0.296. The van der Waals surface area contributed by atoms with Gasteiger partial charge in [-0.2, -0.15) is 18.2 Å². The molecule has 1 fully saturated rings. The number of ether oxygens (including phenoxy) is 1. The van der Waals surface area contributed by atoms with E-state index in [1.165, 1.54) is 23.8 Å². The minimum absolute atomic E-state index is 0.0858. The van der Waals surface area contributed by atoms with Gasteiger partial charge in [-0.25, -0.2) is 19.2 Å². The standard InChI is InChI=1S/C25H24FN7O2.C2HF3O2/c1-5-16-12-33-13-17(8-20(26)23(33)29-16)30-24(34)18-6-7-21(32-10-14(2)28-15(3)11-32)19-9-27-25(35-4)31-22(18)19;3-2(4,5)1(6)7/h1,6-9,12-15,28H,10-11H2,2-4H3,(H,30,34);(H,6,7)/t14-,15+;. The number of benzene rings is 1. The van der Waals surface area contributed by atoms with Gasteiger partial charge in [0.1, 0.15) is 5.69 Å². The van der Waals surface area contributed by atoms with E-state index in [-0.39, 0.29) is 17.3 Å². The first-order valence-corrected chi connectivity index (χ1v) is 12.4. The molecule has 220 valence electrons. The van der Waals surface area contributed by atoms with Crippen LogP contribution < -0.4 is 20.3 Å². The summed E-state index contributed by atoms with van der Waals surface area (Å²) >= 11 is 0. The van der Waals surface area contributed by atoms with Crippen LogP contribution in [0, 0.1) is 18.2 Å². The Kier molecular flexibility index (Phi) is 8.48. The third-order valence-electron chi connectivity index (χ3n) is 6.19. The number of nitrogens with zero attached hydrogens (tertiary/aromatic N) is 5. The lowest BCUT2D eigenvalue weighted by Crippen LogP contribution is -2.54. The van der Waals surface area contributed by atoms with Crippen LogP contribution in [0.25, 0.3) is 16.6 Å². The molecule has 3 N–H and O–H groups in total. The van der Waals surface area contributed by atoms with Crippen LogP contribution in [0.1, 0.15) is 29.9 Å². The maximum absolute atomic E-state index is 14.6. The Balaban J connectivity index is 0.000000517. The van der Waals surface area contributed by atoms with Crippen LogP contribution in [-0.2, 0) is 4.79 Å². The lowest BCUT2D eigenvalue weighted by Gasteiger charge is -2.38. The number of piperazine rings is 1. The van der Waals surface area contributed by atoms with Crippen LogP contribution in [0.15, 0.2) is 36.8 Å². The van der Waals surface area contributed by atoms with Gasteiger partial charge in [-0.1, -0.05) is 0 Å². The molecule has 1 saturated heterocycles. The molecule has 4 heterocycles. The summed E-state index contributed by atoms with van der Waals surface area (Å²) in [6.45, 7) is 5.88. The highest BCUT2D eigenvalue weighted by Gasteiger charge is 2.38. The summed E-state index contributed by atoms with van der Waals surface area (Å²) in [5.41, 5.74) is 2.34. The first-order valence-electron chi connectivity index (χ1n) is 12.4. The monoisotopic (exact) mass is 587 g/mol. The van der Waals surface area contributed by atoms with Gasteiger partial charge in [0.05, 0.1) is 23.9 Å². The number of nitrogens with one attached hydrogen (secondary N) is 2. The van der Waals surface area contributed by atoms with Crippen molar-refractivity contribution >= 4 is 39.8 Å². The molecule has 3 aromatic heterocycles. The zero-order valence-electron chi connectivity index (χ0n) is 22.5. The largest absolute Gasteiger partial charge is 0.490 e. The number of anilines is 2. The van der Waals surface area contributed by atoms with Crippen LogP contribution in [0.4, 0.5) is 28.9 Å². The molecule has 4 aromatic rings. The van der Waals surface area contributed by atoms with Gasteiger partial charge in [-0.3, -0.25) is 4.79 Å². The highest BCUT2D eigenvalue weighted by Crippen LogP contribution is 2.31.